The van der Waals surface area contributed by atoms with Crippen LogP contribution in [-0.4, -0.2) is 64.8 Å². The summed E-state index contributed by atoms with van der Waals surface area (Å²) >= 11 is 1.51. The summed E-state index contributed by atoms with van der Waals surface area (Å²) in [5.74, 6) is 0.599. The van der Waals surface area contributed by atoms with Crippen molar-refractivity contribution in [3.8, 4) is 5.88 Å². The molecular weight excluding hydrogens is 350 g/mol. The summed E-state index contributed by atoms with van der Waals surface area (Å²) in [6.45, 7) is 4.25. The lowest BCUT2D eigenvalue weighted by Crippen LogP contribution is -2.47. The number of aliphatic hydroxyl groups is 1. The van der Waals surface area contributed by atoms with Gasteiger partial charge in [0.15, 0.2) is 0 Å². The standard InChI is InChI=1S/C18H21N5O2S/c1-25-18-14-8-13(2-3-15(14)19-11-20-18)23-6-4-22(5-7-23)9-17(24)16-10-26-12-21-16/h2-3,8,10-12,17,24H,4-7,9H2,1H3. The molecule has 1 aromatic carbocycles. The smallest absolute Gasteiger partial charge is 0.224 e. The van der Waals surface area contributed by atoms with Crippen LogP contribution in [0.2, 0.25) is 0 Å². The fourth-order valence-corrected chi connectivity index (χ4v) is 3.89. The Balaban J connectivity index is 1.42. The Morgan fingerprint density at radius 3 is 2.77 bits per heavy atom. The highest BCUT2D eigenvalue weighted by Crippen LogP contribution is 2.27. The first-order valence-corrected chi connectivity index (χ1v) is 9.51. The molecule has 1 saturated heterocycles. The van der Waals surface area contributed by atoms with Gasteiger partial charge in [-0.15, -0.1) is 11.3 Å². The van der Waals surface area contributed by atoms with E-state index in [0.29, 0.717) is 12.4 Å². The van der Waals surface area contributed by atoms with Gasteiger partial charge >= 0.3 is 0 Å². The predicted molar refractivity (Wildman–Crippen MR) is 102 cm³/mol. The van der Waals surface area contributed by atoms with Crippen molar-refractivity contribution in [3.05, 3.63) is 41.1 Å². The number of piperazine rings is 1. The summed E-state index contributed by atoms with van der Waals surface area (Å²) in [6.07, 6.45) is 1.00. The minimum absolute atomic E-state index is 0.519. The van der Waals surface area contributed by atoms with E-state index in [1.807, 2.05) is 11.4 Å². The van der Waals surface area contributed by atoms with Gasteiger partial charge in [0, 0.05) is 43.8 Å². The maximum atomic E-state index is 10.3. The van der Waals surface area contributed by atoms with E-state index in [1.165, 1.54) is 17.7 Å². The SMILES string of the molecule is COc1ncnc2ccc(N3CCN(CC(O)c4cscn4)CC3)cc12. The van der Waals surface area contributed by atoms with Crippen molar-refractivity contribution in [1.82, 2.24) is 19.9 Å². The Hall–Kier alpha value is -2.29. The molecule has 7 nitrogen and oxygen atoms in total. The van der Waals surface area contributed by atoms with Gasteiger partial charge in [0.1, 0.15) is 12.4 Å². The van der Waals surface area contributed by atoms with Crippen molar-refractivity contribution in [2.24, 2.45) is 0 Å². The van der Waals surface area contributed by atoms with Crippen molar-refractivity contribution >= 4 is 27.9 Å². The molecule has 8 heteroatoms. The van der Waals surface area contributed by atoms with Crippen LogP contribution in [0, 0.1) is 0 Å². The van der Waals surface area contributed by atoms with Gasteiger partial charge in [0.25, 0.3) is 0 Å². The molecule has 26 heavy (non-hydrogen) atoms. The molecule has 1 N–H and O–H groups in total. The zero-order chi connectivity index (χ0) is 17.9. The largest absolute Gasteiger partial charge is 0.480 e. The lowest BCUT2D eigenvalue weighted by atomic mass is 10.1. The Bertz CT molecular complexity index is 865. The first-order chi connectivity index (χ1) is 12.7. The van der Waals surface area contributed by atoms with Crippen LogP contribution in [0.1, 0.15) is 11.8 Å². The molecule has 0 bridgehead atoms. The molecule has 0 saturated carbocycles. The molecule has 1 unspecified atom stereocenters. The number of fused-ring (bicyclic) bond motifs is 1. The van der Waals surface area contributed by atoms with Gasteiger partial charge in [-0.2, -0.15) is 0 Å². The van der Waals surface area contributed by atoms with Crippen LogP contribution in [0.15, 0.2) is 35.4 Å². The highest BCUT2D eigenvalue weighted by atomic mass is 32.1. The number of aliphatic hydroxyl groups excluding tert-OH is 1. The number of β-amino-alcohol motifs (C(OH)–C–C–N with tert-alkyl or cyclic N) is 1. The van der Waals surface area contributed by atoms with Crippen LogP contribution in [0.25, 0.3) is 10.9 Å². The lowest BCUT2D eigenvalue weighted by molar-refractivity contribution is 0.107. The average molecular weight is 371 g/mol. The van der Waals surface area contributed by atoms with Gasteiger partial charge < -0.3 is 14.7 Å². The van der Waals surface area contributed by atoms with Crippen LogP contribution < -0.4 is 9.64 Å². The molecule has 3 heterocycles. The Morgan fingerprint density at radius 1 is 1.19 bits per heavy atom. The molecule has 1 atom stereocenters. The third-order valence-corrected chi connectivity index (χ3v) is 5.34. The number of thiazole rings is 1. The maximum Gasteiger partial charge on any atom is 0.224 e. The number of ether oxygens (including phenoxy) is 1. The first-order valence-electron chi connectivity index (χ1n) is 8.57. The van der Waals surface area contributed by atoms with Crippen LogP contribution in [0.5, 0.6) is 5.88 Å². The predicted octanol–water partition coefficient (Wildman–Crippen LogP) is 1.95. The van der Waals surface area contributed by atoms with E-state index in [4.69, 9.17) is 4.74 Å². The van der Waals surface area contributed by atoms with Crippen molar-refractivity contribution in [1.29, 1.82) is 0 Å². The number of rotatable bonds is 5. The summed E-state index contributed by atoms with van der Waals surface area (Å²) in [5, 5.41) is 13.1. The number of hydrogen-bond donors (Lipinski definition) is 1. The van der Waals surface area contributed by atoms with E-state index in [9.17, 15) is 5.11 Å². The summed E-state index contributed by atoms with van der Waals surface area (Å²) in [4.78, 5) is 17.3. The molecule has 0 amide bonds. The monoisotopic (exact) mass is 371 g/mol. The normalized spacial score (nSPS) is 16.8. The second-order valence-corrected chi connectivity index (χ2v) is 7.02. The summed E-state index contributed by atoms with van der Waals surface area (Å²) in [7, 11) is 1.63. The van der Waals surface area contributed by atoms with Crippen molar-refractivity contribution in [2.75, 3.05) is 44.7 Å². The molecule has 136 valence electrons. The minimum Gasteiger partial charge on any atom is -0.480 e. The number of nitrogens with zero attached hydrogens (tertiary/aromatic N) is 5. The third kappa shape index (κ3) is 3.48. The van der Waals surface area contributed by atoms with Crippen molar-refractivity contribution in [2.45, 2.75) is 6.10 Å². The lowest BCUT2D eigenvalue weighted by Gasteiger charge is -2.36. The molecule has 2 aromatic heterocycles. The Kier molecular flexibility index (Phi) is 4.96. The van der Waals surface area contributed by atoms with E-state index in [1.54, 1.807) is 12.6 Å². The fourth-order valence-electron chi connectivity index (χ4n) is 3.29. The van der Waals surface area contributed by atoms with Crippen LogP contribution in [-0.2, 0) is 0 Å². The first kappa shape index (κ1) is 17.1. The van der Waals surface area contributed by atoms with Crippen LogP contribution in [0.4, 0.5) is 5.69 Å². The van der Waals surface area contributed by atoms with Gasteiger partial charge in [-0.1, -0.05) is 0 Å². The van der Waals surface area contributed by atoms with Gasteiger partial charge in [-0.25, -0.2) is 15.0 Å². The zero-order valence-corrected chi connectivity index (χ0v) is 15.4. The van der Waals surface area contributed by atoms with E-state index in [2.05, 4.69) is 36.9 Å². The van der Waals surface area contributed by atoms with Gasteiger partial charge in [-0.05, 0) is 18.2 Å². The second kappa shape index (κ2) is 7.53. The molecule has 1 fully saturated rings. The minimum atomic E-state index is -0.519. The molecule has 4 rings (SSSR count). The van der Waals surface area contributed by atoms with Gasteiger partial charge in [0.05, 0.1) is 29.2 Å². The fraction of sp³-hybridized carbons (Fsp3) is 0.389. The third-order valence-electron chi connectivity index (χ3n) is 4.74. The van der Waals surface area contributed by atoms with Crippen molar-refractivity contribution < 1.29 is 9.84 Å². The molecule has 0 aliphatic carbocycles. The second-order valence-electron chi connectivity index (χ2n) is 6.30. The highest BCUT2D eigenvalue weighted by Gasteiger charge is 2.21. The van der Waals surface area contributed by atoms with E-state index < -0.39 is 6.10 Å². The zero-order valence-electron chi connectivity index (χ0n) is 14.6. The van der Waals surface area contributed by atoms with Crippen LogP contribution in [0.3, 0.4) is 0 Å². The van der Waals surface area contributed by atoms with Gasteiger partial charge in [0.2, 0.25) is 5.88 Å². The van der Waals surface area contributed by atoms with E-state index >= 15 is 0 Å². The number of benzene rings is 1. The quantitative estimate of drug-likeness (QED) is 0.735. The Labute approximate surface area is 155 Å². The Morgan fingerprint density at radius 2 is 2.04 bits per heavy atom. The van der Waals surface area contributed by atoms with E-state index in [-0.39, 0.29) is 0 Å². The summed E-state index contributed by atoms with van der Waals surface area (Å²) in [5.41, 5.74) is 4.55. The number of methoxy groups -OCH3 is 1. The number of anilines is 1. The average Bonchev–Trinajstić information content (AvgIpc) is 3.23. The van der Waals surface area contributed by atoms with E-state index in [0.717, 1.165) is 48.5 Å². The maximum absolute atomic E-state index is 10.3. The number of aromatic nitrogens is 3. The van der Waals surface area contributed by atoms with Crippen LogP contribution >= 0.6 is 11.3 Å². The molecule has 1 aliphatic heterocycles. The van der Waals surface area contributed by atoms with Gasteiger partial charge in [-0.3, -0.25) is 4.90 Å². The molecule has 0 spiro atoms. The highest BCUT2D eigenvalue weighted by molar-refractivity contribution is 7.07. The molecule has 1 aliphatic rings. The molecule has 3 aromatic rings. The summed E-state index contributed by atoms with van der Waals surface area (Å²) < 4.78 is 5.36. The van der Waals surface area contributed by atoms with Crippen molar-refractivity contribution in [3.63, 3.8) is 0 Å². The molecule has 0 radical (unpaired) electrons. The number of hydrogen-bond acceptors (Lipinski definition) is 8. The summed E-state index contributed by atoms with van der Waals surface area (Å²) in [6, 6.07) is 6.19. The topological polar surface area (TPSA) is 74.6 Å². The molecular formula is C18H21N5O2S.